The van der Waals surface area contributed by atoms with E-state index in [0.717, 1.165) is 12.8 Å². The number of benzene rings is 2. The van der Waals surface area contributed by atoms with Crippen molar-refractivity contribution < 1.29 is 13.9 Å². The Labute approximate surface area is 243 Å². The minimum atomic E-state index is -0.539. The van der Waals surface area contributed by atoms with Crippen molar-refractivity contribution in [1.82, 2.24) is 30.0 Å². The number of para-hydroxylation sites is 1. The van der Waals surface area contributed by atoms with Crippen LogP contribution >= 0.6 is 0 Å². The Morgan fingerprint density at radius 1 is 1.24 bits per heavy atom. The lowest BCUT2D eigenvalue weighted by atomic mass is 10.0. The molecule has 0 aliphatic carbocycles. The van der Waals surface area contributed by atoms with Gasteiger partial charge >= 0.3 is 0 Å². The van der Waals surface area contributed by atoms with Gasteiger partial charge in [-0.3, -0.25) is 4.79 Å². The molecule has 1 aliphatic rings. The number of amides is 1. The summed E-state index contributed by atoms with van der Waals surface area (Å²) in [5, 5.41) is 18.2. The summed E-state index contributed by atoms with van der Waals surface area (Å²) < 4.78 is 22.9. The number of nitriles is 1. The summed E-state index contributed by atoms with van der Waals surface area (Å²) >= 11 is 0. The van der Waals surface area contributed by atoms with E-state index in [0.29, 0.717) is 47.9 Å². The number of hydrogen-bond donors (Lipinski definition) is 2. The number of nitrogens with one attached hydrogen (secondary N) is 1. The number of carbonyl (C=O) groups is 1. The highest BCUT2D eigenvalue weighted by molar-refractivity contribution is 5.99. The molecule has 0 spiro atoms. The lowest BCUT2D eigenvalue weighted by Crippen LogP contribution is -2.41. The van der Waals surface area contributed by atoms with Crippen LogP contribution in [0.3, 0.4) is 0 Å². The Balaban J connectivity index is 1.45. The number of rotatable bonds is 9. The minimum absolute atomic E-state index is 0.0883. The molecule has 216 valence electrons. The molecule has 42 heavy (non-hydrogen) atoms. The van der Waals surface area contributed by atoms with Gasteiger partial charge in [0.1, 0.15) is 46.8 Å². The average Bonchev–Trinajstić information content (AvgIpc) is 3.58. The summed E-state index contributed by atoms with van der Waals surface area (Å²) in [7, 11) is 0. The van der Waals surface area contributed by atoms with Crippen molar-refractivity contribution >= 4 is 22.8 Å². The lowest BCUT2D eigenvalue weighted by Gasteiger charge is -2.26. The molecule has 0 radical (unpaired) electrons. The number of fused-ring (bicyclic) bond motifs is 1. The van der Waals surface area contributed by atoms with E-state index >= 15 is 4.39 Å². The number of carbonyl (C=O) groups excluding carboxylic acids is 1. The maximum Gasteiger partial charge on any atom is 0.264 e. The first kappa shape index (κ1) is 28.7. The van der Waals surface area contributed by atoms with Crippen LogP contribution in [0.5, 0.6) is 11.5 Å². The first-order chi connectivity index (χ1) is 20.2. The highest BCUT2D eigenvalue weighted by Gasteiger charge is 2.33. The second kappa shape index (κ2) is 12.0. The fourth-order valence-corrected chi connectivity index (χ4v) is 5.38. The first-order valence-corrected chi connectivity index (χ1v) is 13.9. The van der Waals surface area contributed by atoms with Gasteiger partial charge in [-0.25, -0.2) is 19.0 Å². The van der Waals surface area contributed by atoms with Crippen LogP contribution in [0.2, 0.25) is 0 Å². The Kier molecular flexibility index (Phi) is 8.17. The van der Waals surface area contributed by atoms with Crippen LogP contribution in [0.25, 0.3) is 22.3 Å². The van der Waals surface area contributed by atoms with Crippen LogP contribution in [0.4, 0.5) is 10.2 Å². The van der Waals surface area contributed by atoms with E-state index < -0.39 is 11.4 Å². The molecule has 1 fully saturated rings. The molecule has 10 nitrogen and oxygen atoms in total. The van der Waals surface area contributed by atoms with Gasteiger partial charge in [-0.2, -0.15) is 10.4 Å². The molecule has 1 unspecified atom stereocenters. The lowest BCUT2D eigenvalue weighted by molar-refractivity contribution is -0.127. The van der Waals surface area contributed by atoms with Crippen molar-refractivity contribution in [2.45, 2.75) is 51.7 Å². The van der Waals surface area contributed by atoms with Gasteiger partial charge in [0.05, 0.1) is 18.0 Å². The summed E-state index contributed by atoms with van der Waals surface area (Å²) in [6.45, 7) is 7.33. The summed E-state index contributed by atoms with van der Waals surface area (Å²) in [4.78, 5) is 23.7. The standard InChI is InChI=1S/C31H33FN8O2/c1-4-37-31(2,3)16-20(17-33)30(41)39-14-8-9-21(39)18-40-29-26(28(34)35-19-36-29)27(38-40)24-13-12-23(15-25(24)32)42-22-10-6-5-7-11-22/h5-7,10-13,15-16,19,21,37H,4,8-9,14,18H2,1-3H3,(H2,34,35,36). The van der Waals surface area contributed by atoms with E-state index in [-0.39, 0.29) is 28.9 Å². The molecule has 0 saturated carbocycles. The summed E-state index contributed by atoms with van der Waals surface area (Å²) in [5.74, 6) is 0.242. The molecular formula is C31H33FN8O2. The maximum absolute atomic E-state index is 15.5. The van der Waals surface area contributed by atoms with Crippen LogP contribution in [-0.2, 0) is 11.3 Å². The monoisotopic (exact) mass is 568 g/mol. The van der Waals surface area contributed by atoms with Gasteiger partial charge in [0.15, 0.2) is 5.65 Å². The number of nitrogen functional groups attached to an aromatic ring is 1. The van der Waals surface area contributed by atoms with Crippen molar-refractivity contribution in [2.75, 3.05) is 18.8 Å². The third kappa shape index (κ3) is 5.94. The Morgan fingerprint density at radius 2 is 2.02 bits per heavy atom. The zero-order valence-corrected chi connectivity index (χ0v) is 23.8. The fraction of sp³-hybridized carbons (Fsp3) is 0.323. The molecule has 1 amide bonds. The number of ether oxygens (including phenoxy) is 1. The van der Waals surface area contributed by atoms with E-state index in [1.165, 1.54) is 12.4 Å². The number of halogens is 1. The Hall–Kier alpha value is -4.82. The van der Waals surface area contributed by atoms with Crippen LogP contribution in [0, 0.1) is 17.1 Å². The van der Waals surface area contributed by atoms with Crippen molar-refractivity contribution in [3.63, 3.8) is 0 Å². The maximum atomic E-state index is 15.5. The first-order valence-electron chi connectivity index (χ1n) is 13.9. The molecule has 2 aromatic heterocycles. The number of nitrogens with two attached hydrogens (primary N) is 1. The van der Waals surface area contributed by atoms with E-state index in [9.17, 15) is 10.1 Å². The average molecular weight is 569 g/mol. The number of aromatic nitrogens is 4. The molecular weight excluding hydrogens is 535 g/mol. The highest BCUT2D eigenvalue weighted by atomic mass is 19.1. The van der Waals surface area contributed by atoms with Gasteiger partial charge in [0.25, 0.3) is 5.91 Å². The molecule has 3 N–H and O–H groups in total. The third-order valence-corrected chi connectivity index (χ3v) is 7.24. The topological polar surface area (TPSA) is 135 Å². The molecule has 4 aromatic rings. The van der Waals surface area contributed by atoms with E-state index in [1.807, 2.05) is 39.0 Å². The van der Waals surface area contributed by atoms with E-state index in [4.69, 9.17) is 15.6 Å². The third-order valence-electron chi connectivity index (χ3n) is 7.24. The van der Waals surface area contributed by atoms with Crippen LogP contribution in [-0.4, -0.2) is 55.2 Å². The molecule has 5 rings (SSSR count). The molecule has 1 saturated heterocycles. The summed E-state index contributed by atoms with van der Waals surface area (Å²) in [6, 6.07) is 15.5. The van der Waals surface area contributed by atoms with Crippen molar-refractivity contribution in [3.8, 4) is 28.8 Å². The zero-order chi connectivity index (χ0) is 29.9. The second-order valence-corrected chi connectivity index (χ2v) is 10.8. The summed E-state index contributed by atoms with van der Waals surface area (Å²) in [5.41, 5.74) is 6.78. The number of nitrogens with zero attached hydrogens (tertiary/aromatic N) is 6. The Morgan fingerprint density at radius 3 is 2.74 bits per heavy atom. The fourth-order valence-electron chi connectivity index (χ4n) is 5.38. The van der Waals surface area contributed by atoms with Crippen molar-refractivity contribution in [1.29, 1.82) is 5.26 Å². The summed E-state index contributed by atoms with van der Waals surface area (Å²) in [6.07, 6.45) is 4.52. The van der Waals surface area contributed by atoms with Crippen LogP contribution in [0.15, 0.2) is 66.5 Å². The number of likely N-dealkylation sites (tertiary alicyclic amines) is 1. The predicted octanol–water partition coefficient (Wildman–Crippen LogP) is 4.84. The smallest absolute Gasteiger partial charge is 0.264 e. The second-order valence-electron chi connectivity index (χ2n) is 10.8. The van der Waals surface area contributed by atoms with Gasteiger partial charge in [-0.15, -0.1) is 0 Å². The van der Waals surface area contributed by atoms with Gasteiger partial charge in [0, 0.05) is 23.7 Å². The predicted molar refractivity (Wildman–Crippen MR) is 158 cm³/mol. The number of hydrogen-bond acceptors (Lipinski definition) is 8. The van der Waals surface area contributed by atoms with Gasteiger partial charge in [-0.1, -0.05) is 25.1 Å². The molecule has 11 heteroatoms. The van der Waals surface area contributed by atoms with Crippen molar-refractivity contribution in [2.24, 2.45) is 0 Å². The van der Waals surface area contributed by atoms with Crippen LogP contribution in [0.1, 0.15) is 33.6 Å². The van der Waals surface area contributed by atoms with Gasteiger partial charge in [-0.05, 0) is 63.6 Å². The van der Waals surface area contributed by atoms with Crippen molar-refractivity contribution in [3.05, 3.63) is 72.3 Å². The molecule has 2 aromatic carbocycles. The largest absolute Gasteiger partial charge is 0.457 e. The quantitative estimate of drug-likeness (QED) is 0.216. The molecule has 1 aliphatic heterocycles. The number of likely N-dealkylation sites (N-methyl/N-ethyl adjacent to an activating group) is 1. The van der Waals surface area contributed by atoms with E-state index in [1.54, 1.807) is 39.9 Å². The van der Waals surface area contributed by atoms with E-state index in [2.05, 4.69) is 21.4 Å². The molecule has 0 bridgehead atoms. The minimum Gasteiger partial charge on any atom is -0.457 e. The Bertz CT molecular complexity index is 1680. The highest BCUT2D eigenvalue weighted by Crippen LogP contribution is 2.35. The molecule has 3 heterocycles. The van der Waals surface area contributed by atoms with Gasteiger partial charge < -0.3 is 20.7 Å². The van der Waals surface area contributed by atoms with Gasteiger partial charge in [0.2, 0.25) is 0 Å². The SMILES string of the molecule is CCNC(C)(C)C=C(C#N)C(=O)N1CCCC1Cn1nc(-c2ccc(Oc3ccccc3)cc2F)c2c(N)ncnc21. The normalized spacial score (nSPS) is 15.6. The molecule has 1 atom stereocenters. The van der Waals surface area contributed by atoms with Crippen LogP contribution < -0.4 is 15.8 Å². The zero-order valence-electron chi connectivity index (χ0n) is 23.8. The number of anilines is 1.